The first-order valence-electron chi connectivity index (χ1n) is 13.7. The number of hydrogen-bond acceptors (Lipinski definition) is 6. The van der Waals surface area contributed by atoms with Gasteiger partial charge in [0.15, 0.2) is 5.65 Å². The Morgan fingerprint density at radius 2 is 1.66 bits per heavy atom. The lowest BCUT2D eigenvalue weighted by Gasteiger charge is -2.30. The molecule has 5 aromatic rings. The number of fused-ring (bicyclic) bond motifs is 2. The summed E-state index contributed by atoms with van der Waals surface area (Å²) in [5, 5.41) is 7.53. The van der Waals surface area contributed by atoms with Crippen LogP contribution in [0, 0.1) is 5.92 Å². The van der Waals surface area contributed by atoms with Crippen molar-refractivity contribution in [3.8, 4) is 11.3 Å². The van der Waals surface area contributed by atoms with Gasteiger partial charge in [-0.15, -0.1) is 0 Å². The van der Waals surface area contributed by atoms with Crippen molar-refractivity contribution in [2.75, 3.05) is 19.3 Å². The maximum atomic E-state index is 13.6. The van der Waals surface area contributed by atoms with Crippen LogP contribution in [0.15, 0.2) is 76.6 Å². The summed E-state index contributed by atoms with van der Waals surface area (Å²) in [5.74, 6) is 0.268. The monoisotopic (exact) mass is 572 g/mol. The van der Waals surface area contributed by atoms with Crippen molar-refractivity contribution >= 4 is 31.8 Å². The Morgan fingerprint density at radius 1 is 0.951 bits per heavy atom. The van der Waals surface area contributed by atoms with Gasteiger partial charge in [-0.3, -0.25) is 23.6 Å². The van der Waals surface area contributed by atoms with Gasteiger partial charge in [0, 0.05) is 44.6 Å². The van der Waals surface area contributed by atoms with E-state index in [1.165, 1.54) is 17.6 Å². The molecule has 1 fully saturated rings. The number of piperidine rings is 1. The average Bonchev–Trinajstić information content (AvgIpc) is 3.35. The number of hydrogen-bond donors (Lipinski definition) is 0. The quantitative estimate of drug-likeness (QED) is 0.296. The predicted octanol–water partition coefficient (Wildman–Crippen LogP) is 3.22. The molecule has 0 spiro atoms. The summed E-state index contributed by atoms with van der Waals surface area (Å²) in [7, 11) is -1.70. The van der Waals surface area contributed by atoms with Gasteiger partial charge in [0.25, 0.3) is 5.56 Å². The van der Waals surface area contributed by atoms with Crippen LogP contribution in [0.2, 0.25) is 0 Å². The minimum Gasteiger partial charge on any atom is -0.276 e. The fourth-order valence-corrected chi connectivity index (χ4v) is 6.79. The highest BCUT2D eigenvalue weighted by molar-refractivity contribution is 7.88. The van der Waals surface area contributed by atoms with Crippen molar-refractivity contribution in [3.05, 3.63) is 93.4 Å². The number of aromatic nitrogens is 5. The molecule has 41 heavy (non-hydrogen) atoms. The van der Waals surface area contributed by atoms with E-state index in [0.717, 1.165) is 39.3 Å². The van der Waals surface area contributed by atoms with E-state index in [4.69, 9.17) is 5.10 Å². The molecule has 0 amide bonds. The van der Waals surface area contributed by atoms with Crippen LogP contribution in [0.1, 0.15) is 24.8 Å². The summed E-state index contributed by atoms with van der Waals surface area (Å²) in [5.41, 5.74) is 2.04. The third kappa shape index (κ3) is 5.11. The first-order chi connectivity index (χ1) is 19.7. The van der Waals surface area contributed by atoms with E-state index in [2.05, 4.69) is 29.2 Å². The fraction of sp³-hybridized carbons (Fsp3) is 0.333. The van der Waals surface area contributed by atoms with Crippen molar-refractivity contribution in [3.63, 3.8) is 0 Å². The molecule has 0 aliphatic carbocycles. The lowest BCUT2D eigenvalue weighted by atomic mass is 9.94. The van der Waals surface area contributed by atoms with Crippen LogP contribution in [0.25, 0.3) is 33.1 Å². The predicted molar refractivity (Wildman–Crippen MR) is 159 cm³/mol. The van der Waals surface area contributed by atoms with Crippen LogP contribution in [0.5, 0.6) is 0 Å². The van der Waals surface area contributed by atoms with Crippen LogP contribution in [0.4, 0.5) is 0 Å². The molecule has 6 rings (SSSR count). The molecular weight excluding hydrogens is 540 g/mol. The standard InChI is InChI=1S/C30H32N6O4S/c1-33-29(37)26-27(23-10-15-31-16-11-23)36(20-24-8-5-7-22-6-3-4-9-25(22)24)32-28(26)35(30(33)38)19-14-21-12-17-34(18-13-21)41(2,39)40/h3-11,15-16,21H,12-14,17-20H2,1-2H3. The second-order valence-corrected chi connectivity index (χ2v) is 12.8. The molecule has 1 saturated heterocycles. The Labute approximate surface area is 237 Å². The van der Waals surface area contributed by atoms with E-state index in [1.54, 1.807) is 17.0 Å². The Morgan fingerprint density at radius 3 is 2.39 bits per heavy atom. The third-order valence-electron chi connectivity index (χ3n) is 8.18. The third-order valence-corrected chi connectivity index (χ3v) is 9.49. The second kappa shape index (κ2) is 10.7. The van der Waals surface area contributed by atoms with Gasteiger partial charge in [-0.1, -0.05) is 42.5 Å². The largest absolute Gasteiger partial charge is 0.332 e. The molecule has 11 heteroatoms. The maximum absolute atomic E-state index is 13.6. The Bertz CT molecular complexity index is 1960. The Balaban J connectivity index is 1.44. The SMILES string of the molecule is Cn1c(=O)c2c(-c3ccncc3)n(Cc3cccc4ccccc34)nc2n(CCC2CCN(S(C)(=O)=O)CC2)c1=O. The molecule has 10 nitrogen and oxygen atoms in total. The molecule has 1 aliphatic rings. The number of rotatable bonds is 7. The minimum absolute atomic E-state index is 0.268. The molecule has 0 atom stereocenters. The number of aryl methyl sites for hydroxylation is 1. The van der Waals surface area contributed by atoms with Crippen molar-refractivity contribution in [1.82, 2.24) is 28.2 Å². The topological polar surface area (TPSA) is 112 Å². The first-order valence-corrected chi connectivity index (χ1v) is 15.6. The molecular formula is C30H32N6O4S. The van der Waals surface area contributed by atoms with E-state index in [-0.39, 0.29) is 5.92 Å². The highest BCUT2D eigenvalue weighted by Gasteiger charge is 2.26. The van der Waals surface area contributed by atoms with Crippen molar-refractivity contribution < 1.29 is 8.42 Å². The molecule has 0 unspecified atom stereocenters. The smallest absolute Gasteiger partial charge is 0.276 e. The number of sulfonamides is 1. The molecule has 4 heterocycles. The second-order valence-electron chi connectivity index (χ2n) is 10.8. The summed E-state index contributed by atoms with van der Waals surface area (Å²) < 4.78 is 29.9. The minimum atomic E-state index is -3.21. The lowest BCUT2D eigenvalue weighted by molar-refractivity contribution is 0.257. The van der Waals surface area contributed by atoms with Crippen LogP contribution >= 0.6 is 0 Å². The summed E-state index contributed by atoms with van der Waals surface area (Å²) in [6.07, 6.45) is 6.75. The molecule has 1 aliphatic heterocycles. The van der Waals surface area contributed by atoms with Gasteiger partial charge in [-0.2, -0.15) is 5.10 Å². The van der Waals surface area contributed by atoms with Crippen LogP contribution < -0.4 is 11.2 Å². The maximum Gasteiger partial charge on any atom is 0.332 e. The summed E-state index contributed by atoms with van der Waals surface area (Å²) in [6.45, 7) is 1.75. The van der Waals surface area contributed by atoms with Gasteiger partial charge in [0.2, 0.25) is 10.0 Å². The highest BCUT2D eigenvalue weighted by Crippen LogP contribution is 2.29. The summed E-state index contributed by atoms with van der Waals surface area (Å²) >= 11 is 0. The average molecular weight is 573 g/mol. The van der Waals surface area contributed by atoms with Crippen LogP contribution in [-0.4, -0.2) is 56.0 Å². The normalized spacial score (nSPS) is 15.2. The zero-order valence-electron chi connectivity index (χ0n) is 23.1. The van der Waals surface area contributed by atoms with Gasteiger partial charge < -0.3 is 0 Å². The Hall–Kier alpha value is -4.09. The van der Waals surface area contributed by atoms with E-state index in [1.807, 2.05) is 35.0 Å². The van der Waals surface area contributed by atoms with Crippen LogP contribution in [0.3, 0.4) is 0 Å². The van der Waals surface area contributed by atoms with Crippen LogP contribution in [-0.2, 0) is 30.2 Å². The number of benzene rings is 2. The van der Waals surface area contributed by atoms with Gasteiger partial charge in [-0.05, 0) is 53.6 Å². The fourth-order valence-electron chi connectivity index (χ4n) is 5.91. The van der Waals surface area contributed by atoms with Gasteiger partial charge in [-0.25, -0.2) is 17.5 Å². The summed E-state index contributed by atoms with van der Waals surface area (Å²) in [4.78, 5) is 31.2. The van der Waals surface area contributed by atoms with E-state index in [0.29, 0.717) is 49.3 Å². The molecule has 0 bridgehead atoms. The highest BCUT2D eigenvalue weighted by atomic mass is 32.2. The molecule has 212 valence electrons. The molecule has 0 saturated carbocycles. The molecule has 2 aromatic carbocycles. The van der Waals surface area contributed by atoms with Crippen molar-refractivity contribution in [1.29, 1.82) is 0 Å². The zero-order valence-corrected chi connectivity index (χ0v) is 23.9. The molecule has 0 radical (unpaired) electrons. The number of nitrogens with zero attached hydrogens (tertiary/aromatic N) is 6. The van der Waals surface area contributed by atoms with E-state index in [9.17, 15) is 18.0 Å². The van der Waals surface area contributed by atoms with Crippen molar-refractivity contribution in [2.24, 2.45) is 13.0 Å². The van der Waals surface area contributed by atoms with Gasteiger partial charge >= 0.3 is 5.69 Å². The van der Waals surface area contributed by atoms with Gasteiger partial charge in [0.05, 0.1) is 18.5 Å². The van der Waals surface area contributed by atoms with Gasteiger partial charge in [0.1, 0.15) is 5.39 Å². The first kappa shape index (κ1) is 27.1. The van der Waals surface area contributed by atoms with E-state index < -0.39 is 21.3 Å². The molecule has 3 aromatic heterocycles. The van der Waals surface area contributed by atoms with Crippen molar-refractivity contribution in [2.45, 2.75) is 32.4 Å². The Kier molecular flexibility index (Phi) is 7.08. The summed E-state index contributed by atoms with van der Waals surface area (Å²) in [6, 6.07) is 18.0. The zero-order chi connectivity index (χ0) is 28.7. The van der Waals surface area contributed by atoms with E-state index >= 15 is 0 Å². The number of pyridine rings is 1. The lowest BCUT2D eigenvalue weighted by Crippen LogP contribution is -2.40. The molecule has 0 N–H and O–H groups in total.